The summed E-state index contributed by atoms with van der Waals surface area (Å²) in [5, 5.41) is 19.1. The van der Waals surface area contributed by atoms with Crippen molar-refractivity contribution in [3.8, 4) is 0 Å². The fourth-order valence-electron chi connectivity index (χ4n) is 3.95. The minimum atomic E-state index is -1.06. The van der Waals surface area contributed by atoms with Crippen LogP contribution in [0.4, 0.5) is 14.4 Å². The smallest absolute Gasteiger partial charge is 0.444 e. The number of nitrogens with zero attached hydrogens (tertiary/aromatic N) is 2. The minimum Gasteiger partial charge on any atom is -0.444 e. The lowest BCUT2D eigenvalue weighted by molar-refractivity contribution is -0.0294. The number of aliphatic hydroxyl groups is 2. The van der Waals surface area contributed by atoms with Gasteiger partial charge in [0.05, 0.1) is 37.5 Å². The Labute approximate surface area is 258 Å². The number of amides is 1. The molecule has 2 fully saturated rings. The summed E-state index contributed by atoms with van der Waals surface area (Å²) >= 11 is 0. The van der Waals surface area contributed by atoms with Crippen molar-refractivity contribution in [3.63, 3.8) is 0 Å². The Morgan fingerprint density at radius 3 is 1.40 bits per heavy atom. The average Bonchev–Trinajstić information content (AvgIpc) is 3.10. The van der Waals surface area contributed by atoms with Crippen LogP contribution in [0.25, 0.3) is 0 Å². The van der Waals surface area contributed by atoms with Crippen molar-refractivity contribution in [1.82, 2.24) is 9.80 Å². The molecule has 0 aliphatic carbocycles. The van der Waals surface area contributed by atoms with Gasteiger partial charge < -0.3 is 48.4 Å². The van der Waals surface area contributed by atoms with Crippen LogP contribution in [0, 0.1) is 0 Å². The maximum absolute atomic E-state index is 11.9. The number of likely N-dealkylation sites (tertiary alicyclic amines) is 2. The Morgan fingerprint density at radius 1 is 0.605 bits per heavy atom. The molecule has 4 atom stereocenters. The van der Waals surface area contributed by atoms with E-state index in [9.17, 15) is 24.6 Å². The van der Waals surface area contributed by atoms with Gasteiger partial charge in [0.2, 0.25) is 0 Å². The lowest BCUT2D eigenvalue weighted by Gasteiger charge is -2.28. The van der Waals surface area contributed by atoms with Crippen LogP contribution in [-0.4, -0.2) is 127 Å². The maximum atomic E-state index is 11.9. The van der Waals surface area contributed by atoms with Crippen molar-refractivity contribution >= 4 is 18.4 Å². The second kappa shape index (κ2) is 18.6. The topological polar surface area (TPSA) is 154 Å². The molecule has 2 aliphatic heterocycles. The minimum absolute atomic E-state index is 0.0281. The Bertz CT molecular complexity index is 807. The van der Waals surface area contributed by atoms with Crippen LogP contribution in [0.5, 0.6) is 0 Å². The number of likely N-dealkylation sites (N-methyl/N-ethyl adjacent to an activating group) is 1. The second-order valence-corrected chi connectivity index (χ2v) is 13.8. The van der Waals surface area contributed by atoms with E-state index in [-0.39, 0.29) is 18.3 Å². The van der Waals surface area contributed by atoms with E-state index in [0.717, 1.165) is 32.4 Å². The molecule has 2 saturated heterocycles. The quantitative estimate of drug-likeness (QED) is 0.256. The van der Waals surface area contributed by atoms with Crippen molar-refractivity contribution < 1.29 is 53.0 Å². The molecule has 2 N–H and O–H groups in total. The van der Waals surface area contributed by atoms with Crippen LogP contribution < -0.4 is 0 Å². The van der Waals surface area contributed by atoms with E-state index in [4.69, 9.17) is 23.7 Å². The summed E-state index contributed by atoms with van der Waals surface area (Å²) in [6.07, 6.45) is 0.355. The van der Waals surface area contributed by atoms with Gasteiger partial charge in [-0.25, -0.2) is 14.4 Å². The van der Waals surface area contributed by atoms with Gasteiger partial charge in [-0.05, 0) is 95.0 Å². The molecule has 0 aromatic heterocycles. The van der Waals surface area contributed by atoms with Crippen LogP contribution in [0.1, 0.15) is 88.0 Å². The molecule has 2 heterocycles. The number of ether oxygens (including phenoxy) is 6. The van der Waals surface area contributed by atoms with Gasteiger partial charge in [0, 0.05) is 27.3 Å². The van der Waals surface area contributed by atoms with Gasteiger partial charge in [0.25, 0.3) is 0 Å². The number of rotatable bonds is 2. The Hall–Kier alpha value is -2.19. The van der Waals surface area contributed by atoms with E-state index >= 15 is 0 Å². The monoisotopic (exact) mass is 622 g/mol. The molecular formula is C30H58N2O11. The molecule has 13 nitrogen and oxygen atoms in total. The molecule has 4 unspecified atom stereocenters. The van der Waals surface area contributed by atoms with Gasteiger partial charge in [0.15, 0.2) is 0 Å². The lowest BCUT2D eigenvalue weighted by Crippen LogP contribution is -2.42. The van der Waals surface area contributed by atoms with Crippen molar-refractivity contribution in [3.05, 3.63) is 0 Å². The maximum Gasteiger partial charge on any atom is 0.519 e. The summed E-state index contributed by atoms with van der Waals surface area (Å²) in [7, 11) is 5.37. The average molecular weight is 623 g/mol. The van der Waals surface area contributed by atoms with Gasteiger partial charge in [0.1, 0.15) is 16.8 Å². The third kappa shape index (κ3) is 22.0. The molecule has 43 heavy (non-hydrogen) atoms. The zero-order chi connectivity index (χ0) is 33.6. The number of methoxy groups -OCH3 is 2. The van der Waals surface area contributed by atoms with Gasteiger partial charge in [-0.15, -0.1) is 0 Å². The molecule has 2 aliphatic rings. The summed E-state index contributed by atoms with van der Waals surface area (Å²) in [5.74, 6) is 0. The van der Waals surface area contributed by atoms with E-state index < -0.39 is 35.2 Å². The number of carbonyl (C=O) groups is 3. The van der Waals surface area contributed by atoms with Crippen molar-refractivity contribution in [1.29, 1.82) is 0 Å². The highest BCUT2D eigenvalue weighted by atomic mass is 16.8. The van der Waals surface area contributed by atoms with Crippen LogP contribution in [0.15, 0.2) is 0 Å². The first kappa shape index (κ1) is 40.8. The van der Waals surface area contributed by atoms with E-state index in [1.165, 1.54) is 4.90 Å². The summed E-state index contributed by atoms with van der Waals surface area (Å²) in [6, 6.07) is 0. The highest BCUT2D eigenvalue weighted by Crippen LogP contribution is 2.17. The standard InChI is InChI=1S/C12H23NO4.C10H18O5.C8H17NO2/c1-12(2,3)17-11(15)13-7-9(14)5-6-10(8-13)16-4;1-9(2,3)14-7(11)13-8(12)15-10(4,5)6;1-9-5-7(10)3-4-8(6-9)11-2/h9-10,14H,5-8H2,1-4H3;1-6H3;7-8,10H,3-6H2,1-2H3. The fourth-order valence-corrected chi connectivity index (χ4v) is 3.95. The first-order valence-electron chi connectivity index (χ1n) is 14.8. The Balaban J connectivity index is 0.000000629. The first-order chi connectivity index (χ1) is 19.5. The second-order valence-electron chi connectivity index (χ2n) is 13.8. The molecule has 0 bridgehead atoms. The molecule has 0 aromatic rings. The van der Waals surface area contributed by atoms with Crippen molar-refractivity contribution in [2.45, 2.75) is 129 Å². The highest BCUT2D eigenvalue weighted by Gasteiger charge is 2.29. The zero-order valence-corrected chi connectivity index (χ0v) is 28.4. The third-order valence-electron chi connectivity index (χ3n) is 5.80. The number of hydrogen-bond donors (Lipinski definition) is 2. The number of β-amino-alcohol motifs (C(OH)–C–C–N with tert-alkyl or cyclic N) is 2. The van der Waals surface area contributed by atoms with E-state index in [2.05, 4.69) is 9.64 Å². The molecule has 0 spiro atoms. The summed E-state index contributed by atoms with van der Waals surface area (Å²) in [5.41, 5.74) is -1.91. The van der Waals surface area contributed by atoms with Crippen molar-refractivity contribution in [2.24, 2.45) is 0 Å². The number of hydrogen-bond acceptors (Lipinski definition) is 12. The Kier molecular flexibility index (Phi) is 17.6. The molecule has 0 saturated carbocycles. The van der Waals surface area contributed by atoms with Crippen LogP contribution >= 0.6 is 0 Å². The largest absolute Gasteiger partial charge is 0.519 e. The molecule has 0 radical (unpaired) electrons. The SMILES string of the molecule is CC(C)(C)OC(=O)OC(=O)OC(C)(C)C.COC1CCC(O)CN(C(=O)OC(C)(C)C)C1.COC1CCC(O)CN(C)C1. The number of aliphatic hydroxyl groups excluding tert-OH is 2. The molecule has 13 heteroatoms. The van der Waals surface area contributed by atoms with Crippen LogP contribution in [0.3, 0.4) is 0 Å². The molecule has 254 valence electrons. The zero-order valence-electron chi connectivity index (χ0n) is 28.4. The molecular weight excluding hydrogens is 564 g/mol. The summed E-state index contributed by atoms with van der Waals surface area (Å²) in [6.45, 7) is 18.0. The predicted molar refractivity (Wildman–Crippen MR) is 161 cm³/mol. The summed E-state index contributed by atoms with van der Waals surface area (Å²) < 4.78 is 29.6. The highest BCUT2D eigenvalue weighted by molar-refractivity contribution is 5.77. The predicted octanol–water partition coefficient (Wildman–Crippen LogP) is 4.35. The number of carbonyl (C=O) groups excluding carboxylic acids is 3. The van der Waals surface area contributed by atoms with Gasteiger partial charge in [-0.1, -0.05) is 0 Å². The van der Waals surface area contributed by atoms with E-state index in [0.29, 0.717) is 25.6 Å². The normalized spacial score (nSPS) is 23.6. The van der Waals surface area contributed by atoms with Crippen molar-refractivity contribution in [2.75, 3.05) is 47.4 Å². The van der Waals surface area contributed by atoms with E-state index in [1.54, 1.807) is 55.8 Å². The van der Waals surface area contributed by atoms with E-state index in [1.807, 2.05) is 27.8 Å². The molecule has 1 amide bonds. The van der Waals surface area contributed by atoms with Gasteiger partial charge in [-0.2, -0.15) is 0 Å². The van der Waals surface area contributed by atoms with Gasteiger partial charge in [-0.3, -0.25) is 0 Å². The Morgan fingerprint density at radius 2 is 1.00 bits per heavy atom. The molecule has 2 rings (SSSR count). The summed E-state index contributed by atoms with van der Waals surface area (Å²) in [4.78, 5) is 37.6. The van der Waals surface area contributed by atoms with Gasteiger partial charge >= 0.3 is 18.4 Å². The first-order valence-corrected chi connectivity index (χ1v) is 14.8. The third-order valence-corrected chi connectivity index (χ3v) is 5.80. The molecule has 0 aromatic carbocycles. The lowest BCUT2D eigenvalue weighted by atomic mass is 10.1. The fraction of sp³-hybridized carbons (Fsp3) is 0.900. The van der Waals surface area contributed by atoms with Crippen LogP contribution in [-0.2, 0) is 28.4 Å². The van der Waals surface area contributed by atoms with Crippen LogP contribution in [0.2, 0.25) is 0 Å².